The number of aromatic hydroxyl groups is 1. The van der Waals surface area contributed by atoms with Gasteiger partial charge in [-0.3, -0.25) is 14.8 Å². The van der Waals surface area contributed by atoms with Crippen LogP contribution in [-0.2, 0) is 4.74 Å². The maximum absolute atomic E-state index is 17.7. The van der Waals surface area contributed by atoms with Gasteiger partial charge in [0.2, 0.25) is 0 Å². The van der Waals surface area contributed by atoms with E-state index in [-0.39, 0.29) is 46.7 Å². The van der Waals surface area contributed by atoms with Crippen molar-refractivity contribution in [3.8, 4) is 34.5 Å². The summed E-state index contributed by atoms with van der Waals surface area (Å²) in [6.45, 7) is 27.0. The van der Waals surface area contributed by atoms with Crippen LogP contribution in [0.4, 0.5) is 15.0 Å². The molecule has 324 valence electrons. The molecule has 6 heterocycles. The van der Waals surface area contributed by atoms with E-state index >= 15 is 4.39 Å². The highest BCUT2D eigenvalue weighted by Crippen LogP contribution is 2.44. The van der Waals surface area contributed by atoms with Gasteiger partial charge in [0.25, 0.3) is 0 Å². The highest BCUT2D eigenvalue weighted by Gasteiger charge is 2.47. The average Bonchev–Trinajstić information content (AvgIpc) is 3.72. The second-order valence-electron chi connectivity index (χ2n) is 20.0. The van der Waals surface area contributed by atoms with Crippen molar-refractivity contribution >= 4 is 41.7 Å². The fraction of sp³-hybridized carbons (Fsp3) is 0.551. The molecule has 2 aromatic heterocycles. The molecule has 0 radical (unpaired) electrons. The van der Waals surface area contributed by atoms with Gasteiger partial charge in [-0.05, 0) is 106 Å². The van der Waals surface area contributed by atoms with E-state index in [2.05, 4.69) is 69.4 Å². The molecule has 3 atom stereocenters. The lowest BCUT2D eigenvalue weighted by Crippen LogP contribution is -2.57. The van der Waals surface area contributed by atoms with Crippen LogP contribution in [0.3, 0.4) is 0 Å². The van der Waals surface area contributed by atoms with Crippen LogP contribution in [0.2, 0.25) is 16.6 Å². The summed E-state index contributed by atoms with van der Waals surface area (Å²) < 4.78 is 30.1. The number of rotatable bonds is 8. The number of phenols is 1. The number of hydrogen-bond acceptors (Lipinski definition) is 9. The molecule has 4 aliphatic rings. The van der Waals surface area contributed by atoms with Gasteiger partial charge >= 0.3 is 12.1 Å². The van der Waals surface area contributed by atoms with Gasteiger partial charge in [0.15, 0.2) is 5.82 Å². The second kappa shape index (κ2) is 16.2. The lowest BCUT2D eigenvalue weighted by Gasteiger charge is -2.43. The van der Waals surface area contributed by atoms with Crippen LogP contribution in [-0.4, -0.2) is 100 Å². The number of benzene rings is 2. The molecule has 4 aliphatic heterocycles. The zero-order valence-corrected chi connectivity index (χ0v) is 38.6. The van der Waals surface area contributed by atoms with Gasteiger partial charge in [-0.2, -0.15) is 9.97 Å². The van der Waals surface area contributed by atoms with Crippen LogP contribution in [0.25, 0.3) is 32.9 Å². The van der Waals surface area contributed by atoms with E-state index in [0.29, 0.717) is 53.1 Å². The molecule has 10 nitrogen and oxygen atoms in total. The molecule has 0 aliphatic carbocycles. The third kappa shape index (κ3) is 7.86. The van der Waals surface area contributed by atoms with Gasteiger partial charge in [-0.1, -0.05) is 71.7 Å². The van der Waals surface area contributed by atoms with Crippen LogP contribution in [0.15, 0.2) is 48.7 Å². The Hall–Kier alpha value is -4.73. The summed E-state index contributed by atoms with van der Waals surface area (Å²) in [6.07, 6.45) is 6.88. The Morgan fingerprint density at radius 3 is 2.43 bits per heavy atom. The molecule has 1 amide bonds. The largest absolute Gasteiger partial charge is 0.508 e. The highest BCUT2D eigenvalue weighted by molar-refractivity contribution is 6.90. The third-order valence-electron chi connectivity index (χ3n) is 14.1. The topological polar surface area (TPSA) is 104 Å². The average molecular weight is 847 g/mol. The summed E-state index contributed by atoms with van der Waals surface area (Å²) in [5.74, 6) is 3.51. The first-order valence-corrected chi connectivity index (χ1v) is 24.6. The van der Waals surface area contributed by atoms with Crippen LogP contribution in [0, 0.1) is 17.3 Å². The number of halogens is 1. The first-order valence-electron chi connectivity index (χ1n) is 22.4. The number of anilines is 1. The molecule has 4 fully saturated rings. The number of aromatic nitrogens is 3. The Bertz CT molecular complexity index is 2400. The predicted octanol–water partition coefficient (Wildman–Crippen LogP) is 10.4. The predicted molar refractivity (Wildman–Crippen MR) is 244 cm³/mol. The summed E-state index contributed by atoms with van der Waals surface area (Å²) in [5, 5.41) is 13.0. The van der Waals surface area contributed by atoms with E-state index in [9.17, 15) is 9.90 Å². The number of pyridine rings is 1. The first-order chi connectivity index (χ1) is 28.9. The second-order valence-corrected chi connectivity index (χ2v) is 25.6. The van der Waals surface area contributed by atoms with E-state index in [1.807, 2.05) is 43.9 Å². The summed E-state index contributed by atoms with van der Waals surface area (Å²) in [5.41, 5.74) is 6.94. The standard InChI is InChI=1S/C49H63FN6O4Si/c1-30(2)61(31(3)4,32(5)6)22-18-34-13-11-14-35-23-38(57)24-39(41(34)35)43-42(50)44-40(26-51-43)45(54-27-36-15-16-37(28-54)56(36)47(58)60-48(8,9)10)53-46(52-44)59-29-49-19-12-20-55(49)21-17-33(7)25-49/h11,13-14,23-24,26,30-32,36-37,57H,7,12,15-17,19-21,25,27-29H2,1-6,8-10H3. The van der Waals surface area contributed by atoms with Crippen molar-refractivity contribution in [1.29, 1.82) is 0 Å². The fourth-order valence-corrected chi connectivity index (χ4v) is 16.5. The Labute approximate surface area is 361 Å². The van der Waals surface area contributed by atoms with Crippen LogP contribution in [0.5, 0.6) is 11.8 Å². The number of hydrogen-bond donors (Lipinski definition) is 1. The minimum atomic E-state index is -2.11. The van der Waals surface area contributed by atoms with E-state index in [1.165, 1.54) is 5.57 Å². The number of amides is 1. The number of ether oxygens (including phenoxy) is 2. The van der Waals surface area contributed by atoms with Crippen molar-refractivity contribution < 1.29 is 23.8 Å². The molecular weight excluding hydrogens is 784 g/mol. The van der Waals surface area contributed by atoms with Crippen LogP contribution >= 0.6 is 0 Å². The minimum Gasteiger partial charge on any atom is -0.508 e. The zero-order valence-electron chi connectivity index (χ0n) is 37.6. The lowest BCUT2D eigenvalue weighted by molar-refractivity contribution is 0.0122. The van der Waals surface area contributed by atoms with Gasteiger partial charge < -0.3 is 19.5 Å². The van der Waals surface area contributed by atoms with Gasteiger partial charge in [0, 0.05) is 42.3 Å². The van der Waals surface area contributed by atoms with Gasteiger partial charge in [-0.25, -0.2) is 9.18 Å². The third-order valence-corrected chi connectivity index (χ3v) is 20.3. The van der Waals surface area contributed by atoms with Gasteiger partial charge in [-0.15, -0.1) is 5.54 Å². The summed E-state index contributed by atoms with van der Waals surface area (Å²) >= 11 is 0. The molecule has 8 rings (SSSR count). The molecule has 4 saturated heterocycles. The van der Waals surface area contributed by atoms with Crippen LogP contribution in [0.1, 0.15) is 106 Å². The molecule has 3 unspecified atom stereocenters. The van der Waals surface area contributed by atoms with E-state index < -0.39 is 19.5 Å². The van der Waals surface area contributed by atoms with Crippen molar-refractivity contribution in [1.82, 2.24) is 24.8 Å². The maximum Gasteiger partial charge on any atom is 0.410 e. The SMILES string of the molecule is C=C1CCN2CCCC2(COc2nc(N3CC4CCC(C3)N4C(=O)OC(C)(C)C)c3cnc(-c4cc(O)cc5cccc(C#C[Si](C(C)C)(C(C)C)C(C)C)c45)c(F)c3n2)C1. The normalized spacial score (nSPS) is 22.1. The monoisotopic (exact) mass is 846 g/mol. The molecule has 1 N–H and O–H groups in total. The Morgan fingerprint density at radius 1 is 1.05 bits per heavy atom. The molecule has 2 aromatic carbocycles. The fourth-order valence-electron chi connectivity index (χ4n) is 11.3. The Balaban J connectivity index is 1.25. The maximum atomic E-state index is 17.7. The number of phenolic OH excluding ortho intramolecular Hbond substituents is 1. The molecule has 61 heavy (non-hydrogen) atoms. The number of piperazine rings is 1. The Morgan fingerprint density at radius 2 is 1.75 bits per heavy atom. The number of fused-ring (bicyclic) bond motifs is 5. The molecule has 0 spiro atoms. The molecule has 12 heteroatoms. The number of piperidine rings is 1. The number of carbonyl (C=O) groups is 1. The summed E-state index contributed by atoms with van der Waals surface area (Å²) in [7, 11) is -2.11. The number of carbonyl (C=O) groups excluding carboxylic acids is 1. The molecule has 0 saturated carbocycles. The summed E-state index contributed by atoms with van der Waals surface area (Å²) in [4.78, 5) is 34.6. The highest BCUT2D eigenvalue weighted by atomic mass is 28.3. The van der Waals surface area contributed by atoms with Gasteiger partial charge in [0.1, 0.15) is 43.1 Å². The minimum absolute atomic E-state index is 0.00402. The lowest BCUT2D eigenvalue weighted by atomic mass is 9.85. The van der Waals surface area contributed by atoms with Crippen LogP contribution < -0.4 is 9.64 Å². The smallest absolute Gasteiger partial charge is 0.410 e. The van der Waals surface area contributed by atoms with Crippen molar-refractivity contribution in [2.45, 2.75) is 141 Å². The first kappa shape index (κ1) is 42.9. The molecule has 4 aromatic rings. The quantitative estimate of drug-likeness (QED) is 0.105. The molecular formula is C49H63FN6O4Si. The Kier molecular flexibility index (Phi) is 11.4. The van der Waals surface area contributed by atoms with Crippen molar-refractivity contribution in [3.63, 3.8) is 0 Å². The van der Waals surface area contributed by atoms with E-state index in [0.717, 1.165) is 68.0 Å². The number of nitrogens with zero attached hydrogens (tertiary/aromatic N) is 6. The van der Waals surface area contributed by atoms with E-state index in [1.54, 1.807) is 18.3 Å². The van der Waals surface area contributed by atoms with E-state index in [4.69, 9.17) is 24.4 Å². The van der Waals surface area contributed by atoms with Gasteiger partial charge in [0.05, 0.1) is 23.0 Å². The zero-order chi connectivity index (χ0) is 43.6. The van der Waals surface area contributed by atoms with Crippen molar-refractivity contribution in [3.05, 3.63) is 60.1 Å². The summed E-state index contributed by atoms with van der Waals surface area (Å²) in [6, 6.07) is 9.03. The van der Waals surface area contributed by atoms with Crippen molar-refractivity contribution in [2.75, 3.05) is 37.7 Å². The molecule has 2 bridgehead atoms. The van der Waals surface area contributed by atoms with Crippen molar-refractivity contribution in [2.24, 2.45) is 0 Å².